The fraction of sp³-hybridized carbons (Fsp3) is 0.579. The normalized spacial score (nSPS) is 24.0. The first kappa shape index (κ1) is 18.7. The molecule has 2 aliphatic rings. The van der Waals surface area contributed by atoms with Crippen LogP contribution < -0.4 is 10.2 Å². The van der Waals surface area contributed by atoms with Crippen molar-refractivity contribution in [1.82, 2.24) is 5.32 Å². The molecule has 1 N–H and O–H groups in total. The minimum Gasteiger partial charge on any atom is -0.353 e. The molecule has 4 nitrogen and oxygen atoms in total. The highest BCUT2D eigenvalue weighted by molar-refractivity contribution is 5.95. The molecule has 1 saturated carbocycles. The molecule has 26 heavy (non-hydrogen) atoms. The van der Waals surface area contributed by atoms with E-state index >= 15 is 0 Å². The van der Waals surface area contributed by atoms with Crippen molar-refractivity contribution in [1.29, 1.82) is 0 Å². The van der Waals surface area contributed by atoms with E-state index < -0.39 is 18.1 Å². The molecule has 2 unspecified atom stereocenters. The highest BCUT2D eigenvalue weighted by Gasteiger charge is 2.42. The summed E-state index contributed by atoms with van der Waals surface area (Å²) < 4.78 is 38.6. The number of alkyl halides is 3. The van der Waals surface area contributed by atoms with E-state index in [-0.39, 0.29) is 31.1 Å². The number of carbonyl (C=O) groups is 2. The van der Waals surface area contributed by atoms with E-state index in [1.165, 1.54) is 0 Å². The van der Waals surface area contributed by atoms with Gasteiger partial charge in [-0.25, -0.2) is 0 Å². The molecule has 2 fully saturated rings. The number of nitrogens with one attached hydrogen (secondary N) is 1. The zero-order valence-corrected chi connectivity index (χ0v) is 14.5. The van der Waals surface area contributed by atoms with Gasteiger partial charge in [-0.2, -0.15) is 13.2 Å². The molecule has 3 rings (SSSR count). The van der Waals surface area contributed by atoms with Crippen LogP contribution in [0, 0.1) is 5.92 Å². The topological polar surface area (TPSA) is 49.4 Å². The fourth-order valence-corrected chi connectivity index (χ4v) is 3.80. The third-order valence-corrected chi connectivity index (χ3v) is 5.19. The van der Waals surface area contributed by atoms with Gasteiger partial charge in [-0.3, -0.25) is 9.59 Å². The average molecular weight is 368 g/mol. The van der Waals surface area contributed by atoms with Crippen LogP contribution >= 0.6 is 0 Å². The van der Waals surface area contributed by atoms with Crippen LogP contribution in [0.15, 0.2) is 24.3 Å². The Labute approximate surface area is 150 Å². The molecule has 0 spiro atoms. The summed E-state index contributed by atoms with van der Waals surface area (Å²) in [7, 11) is 0. The van der Waals surface area contributed by atoms with Crippen LogP contribution in [-0.2, 0) is 16.0 Å². The molecule has 0 bridgehead atoms. The Morgan fingerprint density at radius 1 is 1.15 bits per heavy atom. The summed E-state index contributed by atoms with van der Waals surface area (Å²) in [5.41, 5.74) is 1.60. The summed E-state index contributed by atoms with van der Waals surface area (Å²) in [6.45, 7) is 0.709. The predicted molar refractivity (Wildman–Crippen MR) is 91.7 cm³/mol. The Kier molecular flexibility index (Phi) is 5.53. The number of halogens is 3. The maximum atomic E-state index is 12.9. The van der Waals surface area contributed by atoms with Crippen molar-refractivity contribution in [3.63, 3.8) is 0 Å². The van der Waals surface area contributed by atoms with Gasteiger partial charge >= 0.3 is 6.18 Å². The molecular formula is C19H23F3N2O2. The van der Waals surface area contributed by atoms with E-state index in [4.69, 9.17) is 0 Å². The summed E-state index contributed by atoms with van der Waals surface area (Å²) in [4.78, 5) is 25.6. The van der Waals surface area contributed by atoms with E-state index in [1.807, 2.05) is 12.1 Å². The molecular weight excluding hydrogens is 345 g/mol. The van der Waals surface area contributed by atoms with E-state index in [1.54, 1.807) is 17.0 Å². The van der Waals surface area contributed by atoms with Crippen molar-refractivity contribution in [2.45, 2.75) is 57.2 Å². The van der Waals surface area contributed by atoms with Crippen LogP contribution in [0.1, 0.15) is 44.1 Å². The number of rotatable bonds is 4. The average Bonchev–Trinajstić information content (AvgIpc) is 3.01. The summed E-state index contributed by atoms with van der Waals surface area (Å²) >= 11 is 0. The predicted octanol–water partition coefficient (Wildman–Crippen LogP) is 3.59. The van der Waals surface area contributed by atoms with Gasteiger partial charge in [-0.05, 0) is 43.4 Å². The van der Waals surface area contributed by atoms with Crippen molar-refractivity contribution < 1.29 is 22.8 Å². The summed E-state index contributed by atoms with van der Waals surface area (Å²) in [6, 6.07) is 6.79. The smallest absolute Gasteiger partial charge is 0.353 e. The summed E-state index contributed by atoms with van der Waals surface area (Å²) in [5, 5.41) is 2.74. The van der Waals surface area contributed by atoms with Gasteiger partial charge in [0.05, 0.1) is 12.3 Å². The molecule has 1 aliphatic heterocycles. The molecule has 0 aromatic heterocycles. The Balaban J connectivity index is 1.52. The maximum absolute atomic E-state index is 12.9. The molecule has 1 aliphatic carbocycles. The van der Waals surface area contributed by atoms with E-state index in [0.29, 0.717) is 25.8 Å². The molecule has 2 amide bonds. The lowest BCUT2D eigenvalue weighted by molar-refractivity contribution is -0.184. The lowest BCUT2D eigenvalue weighted by atomic mass is 9.85. The van der Waals surface area contributed by atoms with Crippen LogP contribution in [-0.4, -0.2) is 30.6 Å². The molecule has 1 aromatic carbocycles. The molecule has 2 atom stereocenters. The maximum Gasteiger partial charge on any atom is 0.391 e. The summed E-state index contributed by atoms with van der Waals surface area (Å²) in [5.74, 6) is -1.48. The Morgan fingerprint density at radius 2 is 1.88 bits per heavy atom. The minimum absolute atomic E-state index is 0.0365. The largest absolute Gasteiger partial charge is 0.391 e. The second-order valence-electron chi connectivity index (χ2n) is 7.16. The third-order valence-electron chi connectivity index (χ3n) is 5.19. The number of amides is 2. The van der Waals surface area contributed by atoms with Gasteiger partial charge in [0.25, 0.3) is 0 Å². The zero-order chi connectivity index (χ0) is 18.7. The van der Waals surface area contributed by atoms with Gasteiger partial charge in [0, 0.05) is 24.7 Å². The molecule has 1 saturated heterocycles. The van der Waals surface area contributed by atoms with E-state index in [9.17, 15) is 22.8 Å². The first-order chi connectivity index (χ1) is 12.3. The second-order valence-corrected chi connectivity index (χ2v) is 7.16. The number of benzene rings is 1. The minimum atomic E-state index is -4.19. The fourth-order valence-electron chi connectivity index (χ4n) is 3.80. The highest BCUT2D eigenvalue weighted by Crippen LogP contribution is 2.37. The Bertz CT molecular complexity index is 658. The summed E-state index contributed by atoms with van der Waals surface area (Å²) in [6.07, 6.45) is -1.47. The number of hydrogen-bond acceptors (Lipinski definition) is 2. The van der Waals surface area contributed by atoms with Gasteiger partial charge in [0.2, 0.25) is 11.8 Å². The number of nitrogens with zero attached hydrogens (tertiary/aromatic N) is 1. The van der Waals surface area contributed by atoms with Crippen molar-refractivity contribution in [2.75, 3.05) is 11.4 Å². The first-order valence-corrected chi connectivity index (χ1v) is 9.08. The van der Waals surface area contributed by atoms with E-state index in [0.717, 1.165) is 17.7 Å². The zero-order valence-electron chi connectivity index (χ0n) is 14.5. The quantitative estimate of drug-likeness (QED) is 0.883. The van der Waals surface area contributed by atoms with Gasteiger partial charge in [-0.1, -0.05) is 18.6 Å². The lowest BCUT2D eigenvalue weighted by Gasteiger charge is -2.31. The van der Waals surface area contributed by atoms with Gasteiger partial charge in [-0.15, -0.1) is 0 Å². The number of carbonyl (C=O) groups excluding carboxylic acids is 2. The van der Waals surface area contributed by atoms with Crippen molar-refractivity contribution in [2.24, 2.45) is 5.92 Å². The van der Waals surface area contributed by atoms with Crippen molar-refractivity contribution >= 4 is 17.5 Å². The van der Waals surface area contributed by atoms with Crippen molar-refractivity contribution in [3.8, 4) is 0 Å². The Morgan fingerprint density at radius 3 is 2.50 bits per heavy atom. The van der Waals surface area contributed by atoms with Gasteiger partial charge in [0.15, 0.2) is 0 Å². The molecule has 7 heteroatoms. The highest BCUT2D eigenvalue weighted by atomic mass is 19.4. The SMILES string of the molecule is O=C(Cc1ccc(N2CCCC2=O)cc1)NC1CCCC(C(F)(F)F)C1. The van der Waals surface area contributed by atoms with E-state index in [2.05, 4.69) is 5.32 Å². The second kappa shape index (κ2) is 7.68. The van der Waals surface area contributed by atoms with Crippen LogP contribution in [0.3, 0.4) is 0 Å². The molecule has 0 radical (unpaired) electrons. The monoisotopic (exact) mass is 368 g/mol. The first-order valence-electron chi connectivity index (χ1n) is 9.08. The molecule has 1 heterocycles. The van der Waals surface area contributed by atoms with Gasteiger partial charge < -0.3 is 10.2 Å². The lowest BCUT2D eigenvalue weighted by Crippen LogP contribution is -2.42. The molecule has 1 aromatic rings. The standard InChI is InChI=1S/C19H23F3N2O2/c20-19(21,22)14-3-1-4-15(12-14)23-17(25)11-13-6-8-16(9-7-13)24-10-2-5-18(24)26/h6-9,14-15H,1-5,10-12H2,(H,23,25). The third kappa shape index (κ3) is 4.56. The number of hydrogen-bond donors (Lipinski definition) is 1. The van der Waals surface area contributed by atoms with Crippen LogP contribution in [0.4, 0.5) is 18.9 Å². The van der Waals surface area contributed by atoms with Gasteiger partial charge in [0.1, 0.15) is 0 Å². The molecule has 142 valence electrons. The van der Waals surface area contributed by atoms with Crippen molar-refractivity contribution in [3.05, 3.63) is 29.8 Å². The number of anilines is 1. The van der Waals surface area contributed by atoms with Crippen LogP contribution in [0.2, 0.25) is 0 Å². The Hall–Kier alpha value is -2.05. The van der Waals surface area contributed by atoms with Crippen LogP contribution in [0.25, 0.3) is 0 Å². The van der Waals surface area contributed by atoms with Crippen LogP contribution in [0.5, 0.6) is 0 Å².